The second kappa shape index (κ2) is 6.43. The molecular formula is C14H19BrN2O3. The van der Waals surface area contributed by atoms with Gasteiger partial charge in [-0.3, -0.25) is 9.59 Å². The fourth-order valence-electron chi connectivity index (χ4n) is 2.90. The van der Waals surface area contributed by atoms with E-state index in [0.717, 1.165) is 36.6 Å². The molecule has 1 aliphatic rings. The van der Waals surface area contributed by atoms with Crippen molar-refractivity contribution in [1.29, 1.82) is 0 Å². The van der Waals surface area contributed by atoms with Crippen molar-refractivity contribution in [3.63, 3.8) is 0 Å². The summed E-state index contributed by atoms with van der Waals surface area (Å²) in [6, 6.07) is 1.71. The molecule has 1 aliphatic carbocycles. The molecule has 0 spiro atoms. The predicted octanol–water partition coefficient (Wildman–Crippen LogP) is 2.93. The first kappa shape index (κ1) is 15.1. The summed E-state index contributed by atoms with van der Waals surface area (Å²) >= 11 is 3.28. The highest BCUT2D eigenvalue weighted by molar-refractivity contribution is 9.10. The lowest BCUT2D eigenvalue weighted by molar-refractivity contribution is -0.140. The van der Waals surface area contributed by atoms with Crippen LogP contribution in [0.1, 0.15) is 49.0 Å². The number of halogens is 1. The Morgan fingerprint density at radius 2 is 2.05 bits per heavy atom. The topological polar surface area (TPSA) is 82.2 Å². The fraction of sp³-hybridized carbons (Fsp3) is 0.571. The van der Waals surface area contributed by atoms with Crippen LogP contribution >= 0.6 is 15.9 Å². The van der Waals surface area contributed by atoms with E-state index in [1.54, 1.807) is 12.3 Å². The third-order valence-corrected chi connectivity index (χ3v) is 4.41. The Balaban J connectivity index is 1.97. The van der Waals surface area contributed by atoms with Gasteiger partial charge < -0.3 is 15.4 Å². The van der Waals surface area contributed by atoms with Crippen molar-refractivity contribution in [1.82, 2.24) is 10.3 Å². The van der Waals surface area contributed by atoms with E-state index < -0.39 is 5.97 Å². The second-order valence-corrected chi connectivity index (χ2v) is 6.46. The monoisotopic (exact) mass is 342 g/mol. The lowest BCUT2D eigenvalue weighted by Gasteiger charge is -2.36. The van der Waals surface area contributed by atoms with Crippen molar-refractivity contribution in [2.24, 2.45) is 5.41 Å². The normalized spacial score (nSPS) is 17.6. The fourth-order valence-corrected chi connectivity index (χ4v) is 3.24. The molecule has 110 valence electrons. The van der Waals surface area contributed by atoms with Gasteiger partial charge in [-0.1, -0.05) is 19.3 Å². The number of nitrogens with one attached hydrogen (secondary N) is 2. The van der Waals surface area contributed by atoms with Crippen LogP contribution in [0.25, 0.3) is 0 Å². The molecule has 0 saturated heterocycles. The summed E-state index contributed by atoms with van der Waals surface area (Å²) in [7, 11) is 0. The molecule has 0 aliphatic heterocycles. The molecule has 5 nitrogen and oxygen atoms in total. The zero-order valence-corrected chi connectivity index (χ0v) is 12.8. The molecule has 0 unspecified atom stereocenters. The Bertz CT molecular complexity index is 492. The second-order valence-electron chi connectivity index (χ2n) is 5.55. The minimum Gasteiger partial charge on any atom is -0.481 e. The van der Waals surface area contributed by atoms with Gasteiger partial charge in [0.1, 0.15) is 5.69 Å². The summed E-state index contributed by atoms with van der Waals surface area (Å²) in [6.45, 7) is 0.425. The smallest absolute Gasteiger partial charge is 0.303 e. The van der Waals surface area contributed by atoms with Crippen LogP contribution in [0.15, 0.2) is 16.7 Å². The van der Waals surface area contributed by atoms with Crippen LogP contribution in [0.3, 0.4) is 0 Å². The summed E-state index contributed by atoms with van der Waals surface area (Å²) in [4.78, 5) is 26.0. The van der Waals surface area contributed by atoms with Gasteiger partial charge in [0, 0.05) is 17.2 Å². The maximum Gasteiger partial charge on any atom is 0.303 e. The number of hydrogen-bond acceptors (Lipinski definition) is 2. The van der Waals surface area contributed by atoms with E-state index in [1.807, 2.05) is 0 Å². The average Bonchev–Trinajstić information content (AvgIpc) is 2.83. The molecule has 0 radical (unpaired) electrons. The van der Waals surface area contributed by atoms with Gasteiger partial charge in [0.25, 0.3) is 5.91 Å². The van der Waals surface area contributed by atoms with Crippen molar-refractivity contribution >= 4 is 27.8 Å². The number of rotatable bonds is 5. The Morgan fingerprint density at radius 3 is 2.60 bits per heavy atom. The summed E-state index contributed by atoms with van der Waals surface area (Å²) in [5.41, 5.74) is 0.196. The lowest BCUT2D eigenvalue weighted by Crippen LogP contribution is -2.40. The third-order valence-electron chi connectivity index (χ3n) is 3.96. The first-order valence-corrected chi connectivity index (χ1v) is 7.64. The SMILES string of the molecule is O=C(O)CC1(CNC(=O)c2cc(Br)c[nH]2)CCCCC1. The first-order chi connectivity index (χ1) is 9.51. The van der Waals surface area contributed by atoms with Crippen LogP contribution in [-0.2, 0) is 4.79 Å². The molecule has 1 heterocycles. The molecule has 0 bridgehead atoms. The van der Waals surface area contributed by atoms with E-state index in [9.17, 15) is 9.59 Å². The van der Waals surface area contributed by atoms with Crippen LogP contribution in [0, 0.1) is 5.41 Å². The van der Waals surface area contributed by atoms with Gasteiger partial charge >= 0.3 is 5.97 Å². The number of H-pyrrole nitrogens is 1. The van der Waals surface area contributed by atoms with Gasteiger partial charge in [-0.25, -0.2) is 0 Å². The number of amides is 1. The van der Waals surface area contributed by atoms with Crippen LogP contribution in [0.4, 0.5) is 0 Å². The molecule has 20 heavy (non-hydrogen) atoms. The van der Waals surface area contributed by atoms with Crippen molar-refractivity contribution < 1.29 is 14.7 Å². The van der Waals surface area contributed by atoms with Gasteiger partial charge in [0.05, 0.1) is 6.42 Å². The Morgan fingerprint density at radius 1 is 1.35 bits per heavy atom. The molecular weight excluding hydrogens is 324 g/mol. The summed E-state index contributed by atoms with van der Waals surface area (Å²) < 4.78 is 0.820. The third kappa shape index (κ3) is 3.85. The molecule has 6 heteroatoms. The molecule has 2 rings (SSSR count). The van der Waals surface area contributed by atoms with Gasteiger partial charge in [-0.05, 0) is 40.3 Å². The number of hydrogen-bond donors (Lipinski definition) is 3. The number of carboxylic acids is 1. The van der Waals surface area contributed by atoms with Crippen molar-refractivity contribution in [3.05, 3.63) is 22.4 Å². The highest BCUT2D eigenvalue weighted by Gasteiger charge is 2.34. The molecule has 1 amide bonds. The van der Waals surface area contributed by atoms with Crippen LogP contribution in [0.2, 0.25) is 0 Å². The van der Waals surface area contributed by atoms with Gasteiger partial charge in [0.2, 0.25) is 0 Å². The minimum atomic E-state index is -0.788. The zero-order valence-electron chi connectivity index (χ0n) is 11.2. The van der Waals surface area contributed by atoms with E-state index >= 15 is 0 Å². The van der Waals surface area contributed by atoms with Crippen molar-refractivity contribution in [3.8, 4) is 0 Å². The number of carbonyl (C=O) groups is 2. The highest BCUT2D eigenvalue weighted by Crippen LogP contribution is 2.38. The largest absolute Gasteiger partial charge is 0.481 e. The zero-order chi connectivity index (χ0) is 14.6. The minimum absolute atomic E-state index is 0.127. The number of aromatic nitrogens is 1. The van der Waals surface area contributed by atoms with Gasteiger partial charge in [0.15, 0.2) is 0 Å². The maximum atomic E-state index is 12.0. The maximum absolute atomic E-state index is 12.0. The van der Waals surface area contributed by atoms with Gasteiger partial charge in [-0.2, -0.15) is 0 Å². The first-order valence-electron chi connectivity index (χ1n) is 6.85. The van der Waals surface area contributed by atoms with E-state index in [4.69, 9.17) is 5.11 Å². The molecule has 0 aromatic carbocycles. The lowest BCUT2D eigenvalue weighted by atomic mass is 9.71. The quantitative estimate of drug-likeness (QED) is 0.769. The summed E-state index contributed by atoms with van der Waals surface area (Å²) in [5.74, 6) is -0.977. The van der Waals surface area contributed by atoms with Crippen LogP contribution in [0.5, 0.6) is 0 Å². The van der Waals surface area contributed by atoms with Crippen LogP contribution < -0.4 is 5.32 Å². The summed E-state index contributed by atoms with van der Waals surface area (Å²) in [6.07, 6.45) is 6.79. The standard InChI is InChI=1S/C14H19BrN2O3/c15-10-6-11(16-8-10)13(20)17-9-14(7-12(18)19)4-2-1-3-5-14/h6,8,16H,1-5,7,9H2,(H,17,20)(H,18,19). The van der Waals surface area contributed by atoms with Crippen LogP contribution in [-0.4, -0.2) is 28.5 Å². The molecule has 1 fully saturated rings. The van der Waals surface area contributed by atoms with E-state index in [2.05, 4.69) is 26.2 Å². The number of aromatic amines is 1. The number of aliphatic carboxylic acids is 1. The molecule has 1 aromatic rings. The molecule has 1 aromatic heterocycles. The Kier molecular flexibility index (Phi) is 4.86. The van der Waals surface area contributed by atoms with E-state index in [0.29, 0.717) is 12.2 Å². The summed E-state index contributed by atoms with van der Waals surface area (Å²) in [5, 5.41) is 12.0. The molecule has 3 N–H and O–H groups in total. The Hall–Kier alpha value is -1.30. The Labute approximate surface area is 126 Å². The predicted molar refractivity (Wildman–Crippen MR) is 78.6 cm³/mol. The highest BCUT2D eigenvalue weighted by atomic mass is 79.9. The molecule has 0 atom stereocenters. The van der Waals surface area contributed by atoms with Crippen molar-refractivity contribution in [2.75, 3.05) is 6.54 Å². The number of carboxylic acid groups (broad SMARTS) is 1. The number of carbonyl (C=O) groups excluding carboxylic acids is 1. The van der Waals surface area contributed by atoms with Crippen molar-refractivity contribution in [2.45, 2.75) is 38.5 Å². The average molecular weight is 343 g/mol. The van der Waals surface area contributed by atoms with Gasteiger partial charge in [-0.15, -0.1) is 0 Å². The van der Waals surface area contributed by atoms with E-state index in [1.165, 1.54) is 0 Å². The molecule has 1 saturated carbocycles. The van der Waals surface area contributed by atoms with E-state index in [-0.39, 0.29) is 17.7 Å².